The van der Waals surface area contributed by atoms with Crippen molar-refractivity contribution >= 4 is 11.7 Å². The van der Waals surface area contributed by atoms with Crippen molar-refractivity contribution in [2.24, 2.45) is 0 Å². The zero-order valence-corrected chi connectivity index (χ0v) is 15.7. The number of carbonyl (C=O) groups is 1. The van der Waals surface area contributed by atoms with Gasteiger partial charge in [-0.15, -0.1) is 0 Å². The van der Waals surface area contributed by atoms with Crippen LogP contribution >= 0.6 is 0 Å². The topological polar surface area (TPSA) is 50.2 Å². The van der Waals surface area contributed by atoms with Gasteiger partial charge in [-0.3, -0.25) is 0 Å². The highest BCUT2D eigenvalue weighted by atomic mass is 16.2. The Hall–Kier alpha value is -3.08. The molecule has 0 unspecified atom stereocenters. The van der Waals surface area contributed by atoms with E-state index in [4.69, 9.17) is 0 Å². The highest BCUT2D eigenvalue weighted by Gasteiger charge is 2.17. The van der Waals surface area contributed by atoms with Crippen LogP contribution in [0.4, 0.5) is 10.5 Å². The second-order valence-corrected chi connectivity index (χ2v) is 6.55. The predicted molar refractivity (Wildman–Crippen MR) is 105 cm³/mol. The normalized spacial score (nSPS) is 10.6. The van der Waals surface area contributed by atoms with Crippen molar-refractivity contribution in [3.63, 3.8) is 0 Å². The van der Waals surface area contributed by atoms with Crippen molar-refractivity contribution in [2.45, 2.75) is 27.3 Å². The molecular weight excluding hydrogens is 324 g/mol. The third-order valence-electron chi connectivity index (χ3n) is 4.45. The van der Waals surface area contributed by atoms with Gasteiger partial charge in [0.05, 0.1) is 17.9 Å². The van der Waals surface area contributed by atoms with Crippen LogP contribution in [-0.2, 0) is 6.54 Å². The van der Waals surface area contributed by atoms with Crippen LogP contribution in [0.2, 0.25) is 0 Å². The van der Waals surface area contributed by atoms with Gasteiger partial charge < -0.3 is 10.2 Å². The van der Waals surface area contributed by atoms with E-state index in [1.165, 1.54) is 0 Å². The van der Waals surface area contributed by atoms with E-state index >= 15 is 0 Å². The lowest BCUT2D eigenvalue weighted by atomic mass is 10.2. The molecule has 3 aromatic rings. The molecule has 3 rings (SSSR count). The van der Waals surface area contributed by atoms with E-state index in [0.717, 1.165) is 33.9 Å². The highest BCUT2D eigenvalue weighted by Crippen LogP contribution is 2.19. The van der Waals surface area contributed by atoms with Crippen LogP contribution in [-0.4, -0.2) is 27.8 Å². The van der Waals surface area contributed by atoms with Crippen LogP contribution in [0.25, 0.3) is 5.69 Å². The molecule has 1 aromatic heterocycles. The van der Waals surface area contributed by atoms with Crippen molar-refractivity contribution in [1.29, 1.82) is 0 Å². The van der Waals surface area contributed by atoms with Crippen LogP contribution in [0.3, 0.4) is 0 Å². The van der Waals surface area contributed by atoms with Crippen LogP contribution in [0.5, 0.6) is 0 Å². The van der Waals surface area contributed by atoms with E-state index in [1.54, 1.807) is 11.9 Å². The zero-order valence-electron chi connectivity index (χ0n) is 15.7. The van der Waals surface area contributed by atoms with Gasteiger partial charge >= 0.3 is 6.03 Å². The largest absolute Gasteiger partial charge is 0.323 e. The van der Waals surface area contributed by atoms with E-state index < -0.39 is 0 Å². The Bertz CT molecular complexity index is 915. The summed E-state index contributed by atoms with van der Waals surface area (Å²) in [4.78, 5) is 14.2. The van der Waals surface area contributed by atoms with E-state index in [0.29, 0.717) is 6.54 Å². The summed E-state index contributed by atoms with van der Waals surface area (Å²) in [6.07, 6.45) is 0. The van der Waals surface area contributed by atoms with Gasteiger partial charge in [0, 0.05) is 24.0 Å². The molecule has 2 amide bonds. The number of urea groups is 1. The van der Waals surface area contributed by atoms with Crippen molar-refractivity contribution in [3.8, 4) is 5.69 Å². The quantitative estimate of drug-likeness (QED) is 0.757. The van der Waals surface area contributed by atoms with Crippen molar-refractivity contribution in [1.82, 2.24) is 14.7 Å². The number of carbonyl (C=O) groups excluding carboxylic acids is 1. The summed E-state index contributed by atoms with van der Waals surface area (Å²) in [5.74, 6) is 0. The first kappa shape index (κ1) is 17.7. The molecule has 5 heteroatoms. The fourth-order valence-corrected chi connectivity index (χ4v) is 2.98. The SMILES string of the molecule is Cc1cccc(NC(=O)N(C)Cc2c(C)nn(-c3ccccc3)c2C)c1. The maximum Gasteiger partial charge on any atom is 0.321 e. The van der Waals surface area contributed by atoms with Gasteiger partial charge in [-0.25, -0.2) is 9.48 Å². The molecular formula is C21H24N4O. The van der Waals surface area contributed by atoms with E-state index in [2.05, 4.69) is 10.4 Å². The Balaban J connectivity index is 1.76. The van der Waals surface area contributed by atoms with Crippen LogP contribution in [0.1, 0.15) is 22.5 Å². The molecule has 0 aliphatic rings. The Kier molecular flexibility index (Phi) is 5.07. The molecule has 0 spiro atoms. The number of amides is 2. The number of para-hydroxylation sites is 1. The molecule has 134 valence electrons. The second-order valence-electron chi connectivity index (χ2n) is 6.55. The first-order chi connectivity index (χ1) is 12.5. The first-order valence-electron chi connectivity index (χ1n) is 8.65. The smallest absolute Gasteiger partial charge is 0.321 e. The van der Waals surface area contributed by atoms with E-state index in [9.17, 15) is 4.79 Å². The maximum absolute atomic E-state index is 12.5. The number of aryl methyl sites for hydroxylation is 2. The summed E-state index contributed by atoms with van der Waals surface area (Å²) in [7, 11) is 1.80. The molecule has 5 nitrogen and oxygen atoms in total. The molecule has 1 N–H and O–H groups in total. The van der Waals surface area contributed by atoms with Crippen LogP contribution < -0.4 is 5.32 Å². The Morgan fingerprint density at radius 3 is 2.50 bits per heavy atom. The molecule has 2 aromatic carbocycles. The first-order valence-corrected chi connectivity index (χ1v) is 8.65. The molecule has 0 radical (unpaired) electrons. The third kappa shape index (κ3) is 3.77. The molecule has 0 atom stereocenters. The monoisotopic (exact) mass is 348 g/mol. The van der Waals surface area contributed by atoms with Gasteiger partial charge in [0.25, 0.3) is 0 Å². The summed E-state index contributed by atoms with van der Waals surface area (Å²) >= 11 is 0. The minimum atomic E-state index is -0.137. The number of nitrogens with one attached hydrogen (secondary N) is 1. The van der Waals surface area contributed by atoms with Gasteiger partial charge in [0.1, 0.15) is 0 Å². The van der Waals surface area contributed by atoms with E-state index in [1.807, 2.05) is 80.1 Å². The molecule has 0 aliphatic carbocycles. The minimum absolute atomic E-state index is 0.137. The van der Waals surface area contributed by atoms with Crippen molar-refractivity contribution in [2.75, 3.05) is 12.4 Å². The summed E-state index contributed by atoms with van der Waals surface area (Å²) in [5.41, 5.74) is 5.98. The average Bonchev–Trinajstić information content (AvgIpc) is 2.90. The van der Waals surface area contributed by atoms with Crippen molar-refractivity contribution < 1.29 is 4.79 Å². The second kappa shape index (κ2) is 7.44. The Morgan fingerprint density at radius 2 is 1.81 bits per heavy atom. The lowest BCUT2D eigenvalue weighted by Gasteiger charge is -2.18. The maximum atomic E-state index is 12.5. The number of benzene rings is 2. The zero-order chi connectivity index (χ0) is 18.7. The molecule has 0 saturated carbocycles. The number of anilines is 1. The van der Waals surface area contributed by atoms with Gasteiger partial charge in [-0.05, 0) is 50.6 Å². The minimum Gasteiger partial charge on any atom is -0.323 e. The van der Waals surface area contributed by atoms with Gasteiger partial charge in [0.15, 0.2) is 0 Å². The number of hydrogen-bond donors (Lipinski definition) is 1. The van der Waals surface area contributed by atoms with Crippen LogP contribution in [0, 0.1) is 20.8 Å². The number of rotatable bonds is 4. The fraction of sp³-hybridized carbons (Fsp3) is 0.238. The molecule has 1 heterocycles. The van der Waals surface area contributed by atoms with E-state index in [-0.39, 0.29) is 6.03 Å². The van der Waals surface area contributed by atoms with Crippen molar-refractivity contribution in [3.05, 3.63) is 77.1 Å². The number of hydrogen-bond acceptors (Lipinski definition) is 2. The van der Waals surface area contributed by atoms with Gasteiger partial charge in [0.2, 0.25) is 0 Å². The fourth-order valence-electron chi connectivity index (χ4n) is 2.98. The standard InChI is InChI=1S/C21H24N4O/c1-15-9-8-10-18(13-15)22-21(26)24(4)14-20-16(2)23-25(17(20)3)19-11-6-5-7-12-19/h5-13H,14H2,1-4H3,(H,22,26). The summed E-state index contributed by atoms with van der Waals surface area (Å²) in [6, 6.07) is 17.7. The van der Waals surface area contributed by atoms with Gasteiger partial charge in [-0.1, -0.05) is 30.3 Å². The van der Waals surface area contributed by atoms with Crippen LogP contribution in [0.15, 0.2) is 54.6 Å². The molecule has 0 bridgehead atoms. The average molecular weight is 348 g/mol. The Labute approximate surface area is 154 Å². The summed E-state index contributed by atoms with van der Waals surface area (Å²) in [5, 5.41) is 7.59. The third-order valence-corrected chi connectivity index (χ3v) is 4.45. The van der Waals surface area contributed by atoms with Gasteiger partial charge in [-0.2, -0.15) is 5.10 Å². The summed E-state index contributed by atoms with van der Waals surface area (Å²) in [6.45, 7) is 6.52. The molecule has 0 fully saturated rings. The number of aromatic nitrogens is 2. The summed E-state index contributed by atoms with van der Waals surface area (Å²) < 4.78 is 1.93. The number of nitrogens with zero attached hydrogens (tertiary/aromatic N) is 3. The molecule has 26 heavy (non-hydrogen) atoms. The lowest BCUT2D eigenvalue weighted by Crippen LogP contribution is -2.31. The lowest BCUT2D eigenvalue weighted by molar-refractivity contribution is 0.220. The molecule has 0 saturated heterocycles. The predicted octanol–water partition coefficient (Wildman–Crippen LogP) is 4.46. The highest BCUT2D eigenvalue weighted by molar-refractivity contribution is 5.89. The Morgan fingerprint density at radius 1 is 1.08 bits per heavy atom. The molecule has 0 aliphatic heterocycles.